The van der Waals surface area contributed by atoms with Crippen molar-refractivity contribution in [3.8, 4) is 0 Å². The maximum atomic E-state index is 11.9. The molecule has 0 heterocycles. The van der Waals surface area contributed by atoms with Crippen molar-refractivity contribution in [2.24, 2.45) is 0 Å². The molecule has 5 heteroatoms. The first-order chi connectivity index (χ1) is 8.65. The van der Waals surface area contributed by atoms with Gasteiger partial charge in [-0.25, -0.2) is 0 Å². The second-order valence-electron chi connectivity index (χ2n) is 3.84. The van der Waals surface area contributed by atoms with Gasteiger partial charge in [0.05, 0.1) is 6.61 Å². The van der Waals surface area contributed by atoms with E-state index in [4.69, 9.17) is 9.84 Å². The van der Waals surface area contributed by atoms with Gasteiger partial charge in [0, 0.05) is 25.6 Å². The van der Waals surface area contributed by atoms with Crippen molar-refractivity contribution in [3.05, 3.63) is 35.4 Å². The summed E-state index contributed by atoms with van der Waals surface area (Å²) in [5, 5.41) is 11.2. The monoisotopic (exact) mass is 251 g/mol. The van der Waals surface area contributed by atoms with Crippen molar-refractivity contribution in [2.45, 2.75) is 19.4 Å². The van der Waals surface area contributed by atoms with Gasteiger partial charge in [0.1, 0.15) is 0 Å². The normalized spacial score (nSPS) is 10.1. The maximum Gasteiger partial charge on any atom is 0.303 e. The van der Waals surface area contributed by atoms with Gasteiger partial charge in [-0.2, -0.15) is 0 Å². The third-order valence-corrected chi connectivity index (χ3v) is 2.41. The summed E-state index contributed by atoms with van der Waals surface area (Å²) in [4.78, 5) is 22.2. The van der Waals surface area contributed by atoms with Gasteiger partial charge in [0.15, 0.2) is 0 Å². The van der Waals surface area contributed by atoms with Crippen molar-refractivity contribution in [3.63, 3.8) is 0 Å². The maximum absolute atomic E-state index is 11.9. The Hall–Kier alpha value is -1.88. The summed E-state index contributed by atoms with van der Waals surface area (Å²) in [6.45, 7) is 0.727. The van der Waals surface area contributed by atoms with Crippen LogP contribution in [0.25, 0.3) is 0 Å². The Morgan fingerprint density at radius 2 is 2.06 bits per heavy atom. The van der Waals surface area contributed by atoms with Gasteiger partial charge < -0.3 is 15.2 Å². The molecule has 98 valence electrons. The van der Waals surface area contributed by atoms with E-state index in [1.807, 2.05) is 12.1 Å². The lowest BCUT2D eigenvalue weighted by molar-refractivity contribution is -0.137. The first kappa shape index (κ1) is 14.2. The minimum atomic E-state index is -0.857. The highest BCUT2D eigenvalue weighted by atomic mass is 16.5. The van der Waals surface area contributed by atoms with Crippen LogP contribution in [0.1, 0.15) is 28.8 Å². The lowest BCUT2D eigenvalue weighted by atomic mass is 10.1. The zero-order chi connectivity index (χ0) is 13.4. The summed E-state index contributed by atoms with van der Waals surface area (Å²) in [6.07, 6.45) is 0.480. The number of aliphatic carboxylic acids is 1. The smallest absolute Gasteiger partial charge is 0.303 e. The molecule has 0 aromatic heterocycles. The number of methoxy groups -OCH3 is 1. The number of hydrogen-bond acceptors (Lipinski definition) is 3. The van der Waals surface area contributed by atoms with Crippen LogP contribution in [-0.4, -0.2) is 30.6 Å². The molecule has 0 aliphatic rings. The molecule has 0 unspecified atom stereocenters. The first-order valence-electron chi connectivity index (χ1n) is 5.72. The van der Waals surface area contributed by atoms with E-state index >= 15 is 0 Å². The molecule has 18 heavy (non-hydrogen) atoms. The van der Waals surface area contributed by atoms with E-state index in [1.54, 1.807) is 19.2 Å². The summed E-state index contributed by atoms with van der Waals surface area (Å²) < 4.78 is 5.02. The minimum Gasteiger partial charge on any atom is -0.481 e. The fourth-order valence-corrected chi connectivity index (χ4v) is 1.56. The third-order valence-electron chi connectivity index (χ3n) is 2.41. The molecule has 0 saturated carbocycles. The van der Waals surface area contributed by atoms with Crippen LogP contribution < -0.4 is 5.32 Å². The van der Waals surface area contributed by atoms with Crippen molar-refractivity contribution >= 4 is 11.9 Å². The van der Waals surface area contributed by atoms with E-state index in [2.05, 4.69) is 5.32 Å². The van der Waals surface area contributed by atoms with E-state index in [0.29, 0.717) is 25.1 Å². The number of hydrogen-bond donors (Lipinski definition) is 2. The van der Waals surface area contributed by atoms with Crippen LogP contribution in [-0.2, 0) is 16.1 Å². The topological polar surface area (TPSA) is 75.6 Å². The van der Waals surface area contributed by atoms with Crippen LogP contribution in [0.4, 0.5) is 0 Å². The van der Waals surface area contributed by atoms with E-state index in [1.165, 1.54) is 0 Å². The molecule has 0 saturated heterocycles. The Morgan fingerprint density at radius 1 is 1.33 bits per heavy atom. The molecule has 0 atom stereocenters. The highest BCUT2D eigenvalue weighted by Crippen LogP contribution is 2.09. The molecule has 1 amide bonds. The van der Waals surface area contributed by atoms with Gasteiger partial charge in [-0.3, -0.25) is 9.59 Å². The Balaban J connectivity index is 2.53. The highest BCUT2D eigenvalue weighted by molar-refractivity contribution is 5.95. The van der Waals surface area contributed by atoms with Crippen LogP contribution in [0.2, 0.25) is 0 Å². The average Bonchev–Trinajstić information content (AvgIpc) is 2.35. The molecule has 1 aromatic carbocycles. The summed E-state index contributed by atoms with van der Waals surface area (Å²) in [5.74, 6) is -1.06. The molecule has 2 N–H and O–H groups in total. The van der Waals surface area contributed by atoms with Crippen molar-refractivity contribution < 1.29 is 19.4 Å². The zero-order valence-corrected chi connectivity index (χ0v) is 10.3. The number of ether oxygens (including phenoxy) is 1. The van der Waals surface area contributed by atoms with Gasteiger partial charge >= 0.3 is 5.97 Å². The minimum absolute atomic E-state index is 0.0556. The molecule has 1 rings (SSSR count). The van der Waals surface area contributed by atoms with E-state index in [0.717, 1.165) is 5.56 Å². The standard InChI is InChI=1S/C13H17NO4/c1-18-9-10-5-2-3-6-11(10)13(17)14-8-4-7-12(15)16/h2-3,5-6H,4,7-9H2,1H3,(H,14,17)(H,15,16). The number of benzene rings is 1. The van der Waals surface area contributed by atoms with Crippen molar-refractivity contribution in [1.29, 1.82) is 0 Å². The molecule has 0 bridgehead atoms. The van der Waals surface area contributed by atoms with E-state index < -0.39 is 5.97 Å². The molecular weight excluding hydrogens is 234 g/mol. The largest absolute Gasteiger partial charge is 0.481 e. The summed E-state index contributed by atoms with van der Waals surface area (Å²) in [5.41, 5.74) is 1.38. The molecule has 0 spiro atoms. The second kappa shape index (κ2) is 7.45. The predicted molar refractivity (Wildman–Crippen MR) is 66.4 cm³/mol. The van der Waals surface area contributed by atoms with E-state index in [-0.39, 0.29) is 12.3 Å². The van der Waals surface area contributed by atoms with Crippen molar-refractivity contribution in [1.82, 2.24) is 5.32 Å². The van der Waals surface area contributed by atoms with Gasteiger partial charge in [0.25, 0.3) is 5.91 Å². The van der Waals surface area contributed by atoms with Gasteiger partial charge in [0.2, 0.25) is 0 Å². The van der Waals surface area contributed by atoms with E-state index in [9.17, 15) is 9.59 Å². The summed E-state index contributed by atoms with van der Waals surface area (Å²) in [6, 6.07) is 7.18. The number of carbonyl (C=O) groups is 2. The number of carboxylic acid groups (broad SMARTS) is 1. The predicted octanol–water partition coefficient (Wildman–Crippen LogP) is 1.43. The van der Waals surface area contributed by atoms with Crippen LogP contribution in [0, 0.1) is 0 Å². The van der Waals surface area contributed by atoms with Crippen LogP contribution >= 0.6 is 0 Å². The molecule has 5 nitrogen and oxygen atoms in total. The molecular formula is C13H17NO4. The molecule has 0 aliphatic heterocycles. The highest BCUT2D eigenvalue weighted by Gasteiger charge is 2.09. The third kappa shape index (κ3) is 4.55. The van der Waals surface area contributed by atoms with Crippen LogP contribution in [0.15, 0.2) is 24.3 Å². The lowest BCUT2D eigenvalue weighted by Gasteiger charge is -2.09. The Kier molecular flexibility index (Phi) is 5.87. The summed E-state index contributed by atoms with van der Waals surface area (Å²) in [7, 11) is 1.57. The van der Waals surface area contributed by atoms with Gasteiger partial charge in [-0.05, 0) is 18.1 Å². The second-order valence-corrected chi connectivity index (χ2v) is 3.84. The van der Waals surface area contributed by atoms with Crippen LogP contribution in [0.3, 0.4) is 0 Å². The zero-order valence-electron chi connectivity index (χ0n) is 10.3. The number of amides is 1. The molecule has 0 radical (unpaired) electrons. The quantitative estimate of drug-likeness (QED) is 0.719. The number of carbonyl (C=O) groups excluding carboxylic acids is 1. The molecule has 0 aliphatic carbocycles. The average molecular weight is 251 g/mol. The number of rotatable bonds is 7. The van der Waals surface area contributed by atoms with Crippen LogP contribution in [0.5, 0.6) is 0 Å². The molecule has 1 aromatic rings. The molecule has 0 fully saturated rings. The fourth-order valence-electron chi connectivity index (χ4n) is 1.56. The Morgan fingerprint density at radius 3 is 2.72 bits per heavy atom. The van der Waals surface area contributed by atoms with Crippen molar-refractivity contribution in [2.75, 3.05) is 13.7 Å². The SMILES string of the molecule is COCc1ccccc1C(=O)NCCCC(=O)O. The number of nitrogens with one attached hydrogen (secondary N) is 1. The lowest BCUT2D eigenvalue weighted by Crippen LogP contribution is -2.26. The van der Waals surface area contributed by atoms with Gasteiger partial charge in [-0.1, -0.05) is 18.2 Å². The number of carboxylic acids is 1. The Labute approximate surface area is 106 Å². The first-order valence-corrected chi connectivity index (χ1v) is 5.72. The van der Waals surface area contributed by atoms with Gasteiger partial charge in [-0.15, -0.1) is 0 Å². The summed E-state index contributed by atoms with van der Waals surface area (Å²) >= 11 is 0. The fraction of sp³-hybridized carbons (Fsp3) is 0.385. The Bertz CT molecular complexity index is 417.